The number of anilines is 1. The molecule has 1 amide bonds. The number of allylic oxidation sites excluding steroid dienone is 1. The first-order valence-corrected chi connectivity index (χ1v) is 13.3. The third kappa shape index (κ3) is 6.38. The monoisotopic (exact) mass is 523 g/mol. The van der Waals surface area contributed by atoms with Crippen LogP contribution in [0.1, 0.15) is 78.1 Å². The maximum Gasteiger partial charge on any atom is 0.310 e. The Morgan fingerprint density at radius 1 is 1.16 bits per heavy atom. The van der Waals surface area contributed by atoms with E-state index in [2.05, 4.69) is 41.2 Å². The van der Waals surface area contributed by atoms with Crippen LogP contribution in [0.5, 0.6) is 0 Å². The van der Waals surface area contributed by atoms with Crippen molar-refractivity contribution >= 4 is 45.1 Å². The van der Waals surface area contributed by atoms with Crippen LogP contribution in [-0.4, -0.2) is 18.0 Å². The Balaban J connectivity index is 1.77. The Hall–Kier alpha value is -1.33. The fraction of sp³-hybridized carbons (Fsp3) is 0.615. The smallest absolute Gasteiger partial charge is 0.310 e. The van der Waals surface area contributed by atoms with Gasteiger partial charge in [0, 0.05) is 16.1 Å². The first-order chi connectivity index (χ1) is 15.4. The minimum Gasteiger partial charge on any atom is -0.461 e. The number of hydrogen-bond acceptors (Lipinski definition) is 3. The van der Waals surface area contributed by atoms with Crippen molar-refractivity contribution in [3.8, 4) is 0 Å². The van der Waals surface area contributed by atoms with Crippen molar-refractivity contribution in [3.05, 3.63) is 39.3 Å². The van der Waals surface area contributed by atoms with Crippen molar-refractivity contribution in [1.29, 1.82) is 0 Å². The summed E-state index contributed by atoms with van der Waals surface area (Å²) in [6.45, 7) is 4.38. The molecule has 0 radical (unpaired) electrons. The number of carbonyl (C=O) groups is 2. The molecule has 4 atom stereocenters. The molecule has 1 N–H and O–H groups in total. The molecule has 1 aromatic carbocycles. The number of nitrogens with one attached hydrogen (secondary N) is 1. The highest BCUT2D eigenvalue weighted by Gasteiger charge is 2.51. The predicted octanol–water partition coefficient (Wildman–Crippen LogP) is 7.70. The highest BCUT2D eigenvalue weighted by Crippen LogP contribution is 2.45. The van der Waals surface area contributed by atoms with Gasteiger partial charge in [-0.3, -0.25) is 9.59 Å². The van der Waals surface area contributed by atoms with Gasteiger partial charge in [-0.05, 0) is 66.2 Å². The lowest BCUT2D eigenvalue weighted by molar-refractivity contribution is -0.147. The second kappa shape index (κ2) is 12.2. The SMILES string of the molecule is CCCCCCC1=C[C@H]2[C@H](C(=O)O[C@H]2CCCCC)[C@H](C(=O)Nc2ccc(Br)c(Cl)c2)C1. The van der Waals surface area contributed by atoms with Gasteiger partial charge in [0.05, 0.1) is 16.9 Å². The number of halogens is 2. The van der Waals surface area contributed by atoms with Crippen LogP contribution in [0.4, 0.5) is 5.69 Å². The van der Waals surface area contributed by atoms with Crippen LogP contribution in [0.25, 0.3) is 0 Å². The van der Waals surface area contributed by atoms with Crippen molar-refractivity contribution in [1.82, 2.24) is 0 Å². The predicted molar refractivity (Wildman–Crippen MR) is 134 cm³/mol. The van der Waals surface area contributed by atoms with E-state index in [0.29, 0.717) is 17.1 Å². The fourth-order valence-corrected chi connectivity index (χ4v) is 5.39. The van der Waals surface area contributed by atoms with Crippen molar-refractivity contribution in [2.24, 2.45) is 17.8 Å². The molecule has 1 fully saturated rings. The Labute approximate surface area is 205 Å². The molecule has 0 spiro atoms. The number of rotatable bonds is 11. The molecule has 6 heteroatoms. The zero-order chi connectivity index (χ0) is 23.1. The fourth-order valence-electron chi connectivity index (χ4n) is 4.96. The summed E-state index contributed by atoms with van der Waals surface area (Å²) in [7, 11) is 0. The van der Waals surface area contributed by atoms with Crippen molar-refractivity contribution in [2.45, 2.75) is 84.2 Å². The normalized spacial score (nSPS) is 24.6. The number of hydrogen-bond donors (Lipinski definition) is 1. The van der Waals surface area contributed by atoms with E-state index in [0.717, 1.165) is 43.0 Å². The number of ether oxygens (including phenoxy) is 1. The van der Waals surface area contributed by atoms with E-state index in [4.69, 9.17) is 16.3 Å². The second-order valence-electron chi connectivity index (χ2n) is 9.14. The van der Waals surface area contributed by atoms with E-state index < -0.39 is 11.8 Å². The summed E-state index contributed by atoms with van der Waals surface area (Å²) in [5.74, 6) is -1.14. The first-order valence-electron chi connectivity index (χ1n) is 12.1. The van der Waals surface area contributed by atoms with Gasteiger partial charge in [-0.15, -0.1) is 0 Å². The van der Waals surface area contributed by atoms with Crippen molar-refractivity contribution in [2.75, 3.05) is 5.32 Å². The number of cyclic esters (lactones) is 1. The highest BCUT2D eigenvalue weighted by molar-refractivity contribution is 9.10. The number of esters is 1. The molecule has 3 rings (SSSR count). The van der Waals surface area contributed by atoms with Crippen LogP contribution >= 0.6 is 27.5 Å². The molecule has 1 aliphatic heterocycles. The van der Waals surface area contributed by atoms with Crippen molar-refractivity contribution in [3.63, 3.8) is 0 Å². The van der Waals surface area contributed by atoms with Crippen LogP contribution in [0.15, 0.2) is 34.3 Å². The Bertz CT molecular complexity index is 840. The summed E-state index contributed by atoms with van der Waals surface area (Å²) in [4.78, 5) is 26.2. The molecule has 0 aromatic heterocycles. The van der Waals surface area contributed by atoms with Gasteiger partial charge in [-0.25, -0.2) is 0 Å². The number of benzene rings is 1. The zero-order valence-corrected chi connectivity index (χ0v) is 21.5. The molecule has 1 saturated heterocycles. The van der Waals surface area contributed by atoms with Crippen LogP contribution < -0.4 is 5.32 Å². The maximum absolute atomic E-state index is 13.3. The standard InChI is InChI=1S/C26H35BrClNO3/c1-3-5-7-9-10-17-14-19-23(11-8-6-4-2)32-26(31)24(19)20(15-17)25(30)29-18-12-13-21(27)22(28)16-18/h12-14,16,19-20,23-24H,3-11,15H2,1-2H3,(H,29,30)/t19-,20-,23+,24+/m1/s1. The van der Waals surface area contributed by atoms with E-state index >= 15 is 0 Å². The second-order valence-corrected chi connectivity index (χ2v) is 10.4. The molecule has 32 heavy (non-hydrogen) atoms. The van der Waals surface area contributed by atoms with Crippen LogP contribution in [0, 0.1) is 17.8 Å². The van der Waals surface area contributed by atoms with Gasteiger partial charge in [0.25, 0.3) is 0 Å². The van der Waals surface area contributed by atoms with E-state index in [1.807, 2.05) is 12.1 Å². The third-order valence-electron chi connectivity index (χ3n) is 6.69. The molecule has 2 aliphatic rings. The number of amides is 1. The summed E-state index contributed by atoms with van der Waals surface area (Å²) < 4.78 is 6.60. The highest BCUT2D eigenvalue weighted by atomic mass is 79.9. The van der Waals surface area contributed by atoms with E-state index in [9.17, 15) is 9.59 Å². The average Bonchev–Trinajstić information content (AvgIpc) is 3.09. The molecule has 1 aliphatic carbocycles. The summed E-state index contributed by atoms with van der Waals surface area (Å²) in [6, 6.07) is 5.36. The lowest BCUT2D eigenvalue weighted by Gasteiger charge is -2.31. The molecular formula is C26H35BrClNO3. The van der Waals surface area contributed by atoms with Crippen LogP contribution in [-0.2, 0) is 14.3 Å². The lowest BCUT2D eigenvalue weighted by Crippen LogP contribution is -2.38. The molecule has 0 unspecified atom stereocenters. The largest absolute Gasteiger partial charge is 0.461 e. The molecular weight excluding hydrogens is 490 g/mol. The quantitative estimate of drug-likeness (QED) is 0.183. The molecule has 4 nitrogen and oxygen atoms in total. The Morgan fingerprint density at radius 3 is 2.62 bits per heavy atom. The molecule has 0 bridgehead atoms. The summed E-state index contributed by atoms with van der Waals surface area (Å²) in [5.41, 5.74) is 1.94. The molecule has 176 valence electrons. The van der Waals surface area contributed by atoms with E-state index in [1.165, 1.54) is 24.8 Å². The van der Waals surface area contributed by atoms with E-state index in [-0.39, 0.29) is 23.9 Å². The maximum atomic E-state index is 13.3. The molecule has 0 saturated carbocycles. The Kier molecular flexibility index (Phi) is 9.66. The van der Waals surface area contributed by atoms with E-state index in [1.54, 1.807) is 6.07 Å². The number of unbranched alkanes of at least 4 members (excludes halogenated alkanes) is 5. The van der Waals surface area contributed by atoms with Gasteiger partial charge >= 0.3 is 5.97 Å². The minimum atomic E-state index is -0.405. The Morgan fingerprint density at radius 2 is 1.91 bits per heavy atom. The van der Waals surface area contributed by atoms with Gasteiger partial charge in [-0.1, -0.05) is 69.2 Å². The average molecular weight is 525 g/mol. The van der Waals surface area contributed by atoms with Gasteiger partial charge < -0.3 is 10.1 Å². The van der Waals surface area contributed by atoms with Gasteiger partial charge in [0.2, 0.25) is 5.91 Å². The summed E-state index contributed by atoms with van der Waals surface area (Å²) >= 11 is 9.58. The zero-order valence-electron chi connectivity index (χ0n) is 19.2. The van der Waals surface area contributed by atoms with Gasteiger partial charge in [-0.2, -0.15) is 0 Å². The first kappa shape index (κ1) is 25.3. The van der Waals surface area contributed by atoms with Crippen LogP contribution in [0.2, 0.25) is 5.02 Å². The lowest BCUT2D eigenvalue weighted by atomic mass is 9.70. The molecule has 1 heterocycles. The third-order valence-corrected chi connectivity index (χ3v) is 7.93. The van der Waals surface area contributed by atoms with Crippen molar-refractivity contribution < 1.29 is 14.3 Å². The summed E-state index contributed by atoms with van der Waals surface area (Å²) in [6.07, 6.45) is 12.7. The number of carbonyl (C=O) groups excluding carboxylic acids is 2. The topological polar surface area (TPSA) is 55.4 Å². The summed E-state index contributed by atoms with van der Waals surface area (Å²) in [5, 5.41) is 3.54. The van der Waals surface area contributed by atoms with Crippen LogP contribution in [0.3, 0.4) is 0 Å². The number of fused-ring (bicyclic) bond motifs is 1. The minimum absolute atomic E-state index is 0.00135. The van der Waals surface area contributed by atoms with Gasteiger partial charge in [0.1, 0.15) is 6.10 Å². The van der Waals surface area contributed by atoms with Gasteiger partial charge in [0.15, 0.2) is 0 Å². The molecule has 1 aromatic rings.